The van der Waals surface area contributed by atoms with Crippen LogP contribution >= 0.6 is 31.9 Å². The van der Waals surface area contributed by atoms with Crippen molar-refractivity contribution in [2.45, 2.75) is 13.8 Å². The second-order valence-corrected chi connectivity index (χ2v) is 5.74. The lowest BCUT2D eigenvalue weighted by Crippen LogP contribution is -2.04. The van der Waals surface area contributed by atoms with Crippen molar-refractivity contribution in [3.8, 4) is 0 Å². The number of benzene rings is 1. The van der Waals surface area contributed by atoms with E-state index in [2.05, 4.69) is 52.5 Å². The zero-order valence-corrected chi connectivity index (χ0v) is 13.8. The van der Waals surface area contributed by atoms with Gasteiger partial charge in [0.25, 0.3) is 0 Å². The fourth-order valence-electron chi connectivity index (χ4n) is 1.63. The summed E-state index contributed by atoms with van der Waals surface area (Å²) in [6, 6.07) is 7.84. The molecule has 1 aromatic heterocycles. The van der Waals surface area contributed by atoms with Crippen LogP contribution in [0.5, 0.6) is 0 Å². The first-order valence-corrected chi connectivity index (χ1v) is 7.48. The van der Waals surface area contributed by atoms with Crippen molar-refractivity contribution >= 4 is 49.2 Å². The minimum atomic E-state index is 0.729. The van der Waals surface area contributed by atoms with E-state index in [1.165, 1.54) is 0 Å². The van der Waals surface area contributed by atoms with Crippen LogP contribution in [0.1, 0.15) is 12.7 Å². The molecule has 100 valence electrons. The van der Waals surface area contributed by atoms with Crippen LogP contribution in [0.3, 0.4) is 0 Å². The number of rotatable bonds is 4. The predicted molar refractivity (Wildman–Crippen MR) is 86.1 cm³/mol. The van der Waals surface area contributed by atoms with E-state index in [1.54, 1.807) is 0 Å². The zero-order valence-electron chi connectivity index (χ0n) is 10.7. The Morgan fingerprint density at radius 3 is 2.58 bits per heavy atom. The first kappa shape index (κ1) is 14.3. The number of nitrogens with one attached hydrogen (secondary N) is 2. The standard InChI is InChI=1S/C13H14Br2N4/c1-3-16-12-7-13(18-8(2)17-12)19-11-6-9(14)4-5-10(11)15/h4-7H,3H2,1-2H3,(H2,16,17,18,19). The number of nitrogens with zero attached hydrogens (tertiary/aromatic N) is 2. The molecule has 2 aromatic rings. The largest absolute Gasteiger partial charge is 0.370 e. The maximum Gasteiger partial charge on any atom is 0.136 e. The van der Waals surface area contributed by atoms with Gasteiger partial charge in [-0.25, -0.2) is 9.97 Å². The zero-order chi connectivity index (χ0) is 13.8. The fraction of sp³-hybridized carbons (Fsp3) is 0.231. The Balaban J connectivity index is 2.29. The molecule has 4 nitrogen and oxygen atoms in total. The smallest absolute Gasteiger partial charge is 0.136 e. The predicted octanol–water partition coefficient (Wildman–Crippen LogP) is 4.49. The highest BCUT2D eigenvalue weighted by atomic mass is 79.9. The Hall–Kier alpha value is -1.14. The lowest BCUT2D eigenvalue weighted by atomic mass is 10.3. The van der Waals surface area contributed by atoms with Gasteiger partial charge in [0.15, 0.2) is 0 Å². The minimum absolute atomic E-state index is 0.729. The molecule has 1 aromatic carbocycles. The minimum Gasteiger partial charge on any atom is -0.370 e. The van der Waals surface area contributed by atoms with Gasteiger partial charge in [0.05, 0.1) is 5.69 Å². The van der Waals surface area contributed by atoms with Gasteiger partial charge in [-0.1, -0.05) is 15.9 Å². The monoisotopic (exact) mass is 384 g/mol. The summed E-state index contributed by atoms with van der Waals surface area (Å²) in [6.45, 7) is 4.74. The van der Waals surface area contributed by atoms with E-state index in [9.17, 15) is 0 Å². The first-order chi connectivity index (χ1) is 9.08. The molecule has 19 heavy (non-hydrogen) atoms. The second kappa shape index (κ2) is 6.34. The quantitative estimate of drug-likeness (QED) is 0.814. The third kappa shape index (κ3) is 3.91. The van der Waals surface area contributed by atoms with Gasteiger partial charge in [0.2, 0.25) is 0 Å². The third-order valence-corrected chi connectivity index (χ3v) is 3.57. The Labute approximate surface area is 129 Å². The van der Waals surface area contributed by atoms with E-state index >= 15 is 0 Å². The Morgan fingerprint density at radius 2 is 1.84 bits per heavy atom. The number of anilines is 3. The van der Waals surface area contributed by atoms with Crippen molar-refractivity contribution < 1.29 is 0 Å². The molecule has 1 heterocycles. The van der Waals surface area contributed by atoms with E-state index in [-0.39, 0.29) is 0 Å². The number of aryl methyl sites for hydroxylation is 1. The third-order valence-electron chi connectivity index (χ3n) is 2.39. The molecular formula is C13H14Br2N4. The van der Waals surface area contributed by atoms with Crippen LogP contribution in [0, 0.1) is 6.92 Å². The number of hydrogen-bond donors (Lipinski definition) is 2. The van der Waals surface area contributed by atoms with Gasteiger partial charge < -0.3 is 10.6 Å². The van der Waals surface area contributed by atoms with Gasteiger partial charge >= 0.3 is 0 Å². The Morgan fingerprint density at radius 1 is 1.11 bits per heavy atom. The maximum atomic E-state index is 4.38. The van der Waals surface area contributed by atoms with Crippen LogP contribution in [0.2, 0.25) is 0 Å². The van der Waals surface area contributed by atoms with Crippen LogP contribution in [0.4, 0.5) is 17.3 Å². The van der Waals surface area contributed by atoms with Gasteiger partial charge in [-0.3, -0.25) is 0 Å². The van der Waals surface area contributed by atoms with E-state index in [0.717, 1.165) is 38.6 Å². The molecule has 0 amide bonds. The summed E-state index contributed by atoms with van der Waals surface area (Å²) in [5.74, 6) is 2.32. The summed E-state index contributed by atoms with van der Waals surface area (Å²) in [5, 5.41) is 6.47. The summed E-state index contributed by atoms with van der Waals surface area (Å²) >= 11 is 6.97. The first-order valence-electron chi connectivity index (χ1n) is 5.90. The van der Waals surface area contributed by atoms with E-state index in [1.807, 2.05) is 38.1 Å². The number of hydrogen-bond acceptors (Lipinski definition) is 4. The van der Waals surface area contributed by atoms with Gasteiger partial charge in [0, 0.05) is 21.6 Å². The normalized spacial score (nSPS) is 10.3. The maximum absolute atomic E-state index is 4.38. The Kier molecular flexibility index (Phi) is 4.76. The molecule has 0 fully saturated rings. The van der Waals surface area contributed by atoms with Gasteiger partial charge in [-0.05, 0) is 48.0 Å². The fourth-order valence-corrected chi connectivity index (χ4v) is 2.34. The highest BCUT2D eigenvalue weighted by Gasteiger charge is 2.05. The summed E-state index contributed by atoms with van der Waals surface area (Å²) in [6.07, 6.45) is 0. The summed E-state index contributed by atoms with van der Waals surface area (Å²) < 4.78 is 1.99. The van der Waals surface area contributed by atoms with E-state index in [0.29, 0.717) is 0 Å². The molecule has 2 N–H and O–H groups in total. The molecule has 0 saturated carbocycles. The van der Waals surface area contributed by atoms with Crippen molar-refractivity contribution in [1.82, 2.24) is 9.97 Å². The topological polar surface area (TPSA) is 49.8 Å². The lowest BCUT2D eigenvalue weighted by Gasteiger charge is -2.11. The molecule has 0 radical (unpaired) electrons. The molecule has 0 saturated heterocycles. The van der Waals surface area contributed by atoms with Gasteiger partial charge in [-0.15, -0.1) is 0 Å². The summed E-state index contributed by atoms with van der Waals surface area (Å²) in [7, 11) is 0. The molecule has 0 aliphatic heterocycles. The SMILES string of the molecule is CCNc1cc(Nc2cc(Br)ccc2Br)nc(C)n1. The number of aromatic nitrogens is 2. The van der Waals surface area contributed by atoms with E-state index < -0.39 is 0 Å². The highest BCUT2D eigenvalue weighted by Crippen LogP contribution is 2.28. The number of halogens is 2. The van der Waals surface area contributed by atoms with Crippen LogP contribution < -0.4 is 10.6 Å². The molecule has 0 bridgehead atoms. The summed E-state index contributed by atoms with van der Waals surface area (Å²) in [4.78, 5) is 8.71. The van der Waals surface area contributed by atoms with Crippen LogP contribution in [-0.2, 0) is 0 Å². The molecule has 0 atom stereocenters. The summed E-state index contributed by atoms with van der Waals surface area (Å²) in [5.41, 5.74) is 0.954. The van der Waals surface area contributed by atoms with Crippen molar-refractivity contribution in [2.75, 3.05) is 17.2 Å². The van der Waals surface area contributed by atoms with Crippen molar-refractivity contribution in [1.29, 1.82) is 0 Å². The van der Waals surface area contributed by atoms with Crippen LogP contribution in [0.25, 0.3) is 0 Å². The molecule has 2 rings (SSSR count). The van der Waals surface area contributed by atoms with Crippen molar-refractivity contribution in [3.63, 3.8) is 0 Å². The van der Waals surface area contributed by atoms with Crippen molar-refractivity contribution in [2.24, 2.45) is 0 Å². The average molecular weight is 386 g/mol. The Bertz CT molecular complexity index is 587. The molecular weight excluding hydrogens is 372 g/mol. The van der Waals surface area contributed by atoms with Gasteiger partial charge in [-0.2, -0.15) is 0 Å². The van der Waals surface area contributed by atoms with Crippen LogP contribution in [-0.4, -0.2) is 16.5 Å². The lowest BCUT2D eigenvalue weighted by molar-refractivity contribution is 1.04. The van der Waals surface area contributed by atoms with Crippen molar-refractivity contribution in [3.05, 3.63) is 39.0 Å². The molecule has 0 aliphatic carbocycles. The second-order valence-electron chi connectivity index (χ2n) is 3.97. The van der Waals surface area contributed by atoms with Crippen LogP contribution in [0.15, 0.2) is 33.2 Å². The molecule has 0 unspecified atom stereocenters. The molecule has 6 heteroatoms. The molecule has 0 aliphatic rings. The average Bonchev–Trinajstić information content (AvgIpc) is 2.33. The van der Waals surface area contributed by atoms with Gasteiger partial charge in [0.1, 0.15) is 17.5 Å². The highest BCUT2D eigenvalue weighted by molar-refractivity contribution is 9.11. The van der Waals surface area contributed by atoms with E-state index in [4.69, 9.17) is 0 Å². The molecule has 0 spiro atoms.